The molecule has 2 rings (SSSR count). The van der Waals surface area contributed by atoms with E-state index in [1.54, 1.807) is 6.07 Å². The Morgan fingerprint density at radius 2 is 2.04 bits per heavy atom. The molecule has 1 heterocycles. The van der Waals surface area contributed by atoms with E-state index in [9.17, 15) is 26.4 Å². The average molecular weight is 414 g/mol. The van der Waals surface area contributed by atoms with Gasteiger partial charge in [0.25, 0.3) is 0 Å². The molecule has 1 aliphatic rings. The highest BCUT2D eigenvalue weighted by Gasteiger charge is 2.43. The van der Waals surface area contributed by atoms with Crippen LogP contribution in [0.2, 0.25) is 0 Å². The highest BCUT2D eigenvalue weighted by Crippen LogP contribution is 2.33. The Labute approximate surface area is 140 Å². The number of sulfone groups is 1. The van der Waals surface area contributed by atoms with Crippen LogP contribution in [-0.4, -0.2) is 44.2 Å². The van der Waals surface area contributed by atoms with E-state index in [0.29, 0.717) is 4.47 Å². The Kier molecular flexibility index (Phi) is 5.40. The van der Waals surface area contributed by atoms with Crippen molar-refractivity contribution in [1.82, 2.24) is 4.90 Å². The fraction of sp³-hybridized carbons (Fsp3) is 0.500. The fourth-order valence-electron chi connectivity index (χ4n) is 2.47. The third-order valence-electron chi connectivity index (χ3n) is 3.71. The molecule has 0 saturated carbocycles. The number of piperidine rings is 1. The van der Waals surface area contributed by atoms with Gasteiger partial charge in [0.15, 0.2) is 9.84 Å². The van der Waals surface area contributed by atoms with E-state index in [1.165, 1.54) is 18.2 Å². The number of hydrogen-bond donors (Lipinski definition) is 0. The normalized spacial score (nSPS) is 19.7. The molecule has 128 valence electrons. The van der Waals surface area contributed by atoms with Crippen LogP contribution < -0.4 is 0 Å². The monoisotopic (exact) mass is 413 g/mol. The fourth-order valence-corrected chi connectivity index (χ4v) is 4.29. The van der Waals surface area contributed by atoms with E-state index in [1.807, 2.05) is 0 Å². The zero-order chi connectivity index (χ0) is 17.3. The number of hydrogen-bond acceptors (Lipinski definition) is 3. The van der Waals surface area contributed by atoms with Gasteiger partial charge in [0.1, 0.15) is 5.75 Å². The van der Waals surface area contributed by atoms with Crippen LogP contribution >= 0.6 is 15.9 Å². The van der Waals surface area contributed by atoms with Gasteiger partial charge in [0.05, 0.1) is 10.8 Å². The molecule has 0 N–H and O–H groups in total. The summed E-state index contributed by atoms with van der Waals surface area (Å²) in [6, 6.07) is 5.86. The number of rotatable bonds is 3. The predicted octanol–water partition coefficient (Wildman–Crippen LogP) is 3.02. The van der Waals surface area contributed by atoms with Gasteiger partial charge in [-0.2, -0.15) is 13.2 Å². The maximum absolute atomic E-state index is 12.8. The van der Waals surface area contributed by atoms with Crippen molar-refractivity contribution in [2.45, 2.75) is 23.9 Å². The van der Waals surface area contributed by atoms with Crippen LogP contribution in [0, 0.1) is 5.92 Å². The van der Waals surface area contributed by atoms with Gasteiger partial charge in [-0.25, -0.2) is 8.42 Å². The van der Waals surface area contributed by atoms with Crippen LogP contribution in [-0.2, 0) is 14.6 Å². The number of nitrogens with zero attached hydrogens (tertiary/aromatic N) is 1. The van der Waals surface area contributed by atoms with Crippen molar-refractivity contribution in [3.8, 4) is 0 Å². The van der Waals surface area contributed by atoms with Crippen molar-refractivity contribution in [2.24, 2.45) is 5.92 Å². The lowest BCUT2D eigenvalue weighted by atomic mass is 9.97. The molecule has 1 aromatic rings. The third kappa shape index (κ3) is 4.69. The Morgan fingerprint density at radius 1 is 1.35 bits per heavy atom. The molecule has 1 amide bonds. The van der Waals surface area contributed by atoms with E-state index in [2.05, 4.69) is 15.9 Å². The summed E-state index contributed by atoms with van der Waals surface area (Å²) in [6.45, 7) is -0.324. The minimum Gasteiger partial charge on any atom is -0.341 e. The molecule has 1 unspecified atom stereocenters. The smallest absolute Gasteiger partial charge is 0.341 e. The highest BCUT2D eigenvalue weighted by atomic mass is 79.9. The Hall–Kier alpha value is -1.09. The average Bonchev–Trinajstić information content (AvgIpc) is 2.46. The van der Waals surface area contributed by atoms with E-state index in [0.717, 1.165) is 4.90 Å². The van der Waals surface area contributed by atoms with E-state index >= 15 is 0 Å². The van der Waals surface area contributed by atoms with Gasteiger partial charge in [-0.1, -0.05) is 22.0 Å². The summed E-state index contributed by atoms with van der Waals surface area (Å²) in [5.74, 6) is -3.21. The standard InChI is InChI=1S/C14H15BrF3NO3S/c15-11-4-1-5-12(7-11)23(21,22)9-13(20)19-6-2-3-10(8-19)14(16,17)18/h1,4-5,7,10H,2-3,6,8-9H2. The van der Waals surface area contributed by atoms with E-state index in [-0.39, 0.29) is 24.3 Å². The first-order valence-electron chi connectivity index (χ1n) is 6.92. The van der Waals surface area contributed by atoms with Gasteiger partial charge in [-0.15, -0.1) is 0 Å². The third-order valence-corrected chi connectivity index (χ3v) is 5.80. The molecule has 4 nitrogen and oxygen atoms in total. The van der Waals surface area contributed by atoms with Crippen molar-refractivity contribution in [2.75, 3.05) is 18.8 Å². The Bertz CT molecular complexity index is 691. The second kappa shape index (κ2) is 6.80. The minimum atomic E-state index is -4.37. The zero-order valence-electron chi connectivity index (χ0n) is 12.0. The molecule has 0 bridgehead atoms. The van der Waals surface area contributed by atoms with E-state index in [4.69, 9.17) is 0 Å². The second-order valence-corrected chi connectivity index (χ2v) is 8.34. The quantitative estimate of drug-likeness (QED) is 0.764. The van der Waals surface area contributed by atoms with Crippen molar-refractivity contribution < 1.29 is 26.4 Å². The summed E-state index contributed by atoms with van der Waals surface area (Å²) in [4.78, 5) is 13.1. The molecule has 0 aliphatic carbocycles. The van der Waals surface area contributed by atoms with Gasteiger partial charge >= 0.3 is 6.18 Å². The molecule has 0 spiro atoms. The molecule has 0 aromatic heterocycles. The number of benzene rings is 1. The summed E-state index contributed by atoms with van der Waals surface area (Å²) in [5, 5.41) is 0. The van der Waals surface area contributed by atoms with Crippen LogP contribution in [0.5, 0.6) is 0 Å². The molecular formula is C14H15BrF3NO3S. The number of amides is 1. The lowest BCUT2D eigenvalue weighted by Crippen LogP contribution is -2.46. The van der Waals surface area contributed by atoms with Crippen LogP contribution in [0.15, 0.2) is 33.6 Å². The van der Waals surface area contributed by atoms with Gasteiger partial charge in [-0.05, 0) is 31.0 Å². The lowest BCUT2D eigenvalue weighted by Gasteiger charge is -2.33. The molecule has 1 aromatic carbocycles. The van der Waals surface area contributed by atoms with Crippen molar-refractivity contribution >= 4 is 31.7 Å². The lowest BCUT2D eigenvalue weighted by molar-refractivity contribution is -0.187. The van der Waals surface area contributed by atoms with Crippen LogP contribution in [0.4, 0.5) is 13.2 Å². The number of likely N-dealkylation sites (tertiary alicyclic amines) is 1. The molecule has 1 aliphatic heterocycles. The van der Waals surface area contributed by atoms with Gasteiger partial charge < -0.3 is 4.90 Å². The second-order valence-electron chi connectivity index (χ2n) is 5.44. The van der Waals surface area contributed by atoms with Crippen LogP contribution in [0.3, 0.4) is 0 Å². The number of halogens is 4. The van der Waals surface area contributed by atoms with Crippen LogP contribution in [0.25, 0.3) is 0 Å². The molecule has 23 heavy (non-hydrogen) atoms. The van der Waals surface area contributed by atoms with Gasteiger partial charge in [-0.3, -0.25) is 4.79 Å². The molecule has 1 atom stereocenters. The maximum Gasteiger partial charge on any atom is 0.393 e. The summed E-state index contributed by atoms with van der Waals surface area (Å²) >= 11 is 3.14. The predicted molar refractivity (Wildman–Crippen MR) is 81.6 cm³/mol. The summed E-state index contributed by atoms with van der Waals surface area (Å²) in [5.41, 5.74) is 0. The topological polar surface area (TPSA) is 54.5 Å². The highest BCUT2D eigenvalue weighted by molar-refractivity contribution is 9.10. The number of alkyl halides is 3. The van der Waals surface area contributed by atoms with Gasteiger partial charge in [0.2, 0.25) is 5.91 Å². The summed E-state index contributed by atoms with van der Waals surface area (Å²) in [7, 11) is -3.89. The largest absolute Gasteiger partial charge is 0.393 e. The maximum atomic E-state index is 12.8. The first-order chi connectivity index (χ1) is 10.6. The zero-order valence-corrected chi connectivity index (χ0v) is 14.4. The Morgan fingerprint density at radius 3 is 2.65 bits per heavy atom. The first-order valence-corrected chi connectivity index (χ1v) is 9.37. The summed E-state index contributed by atoms with van der Waals surface area (Å²) in [6.07, 6.45) is -4.19. The number of carbonyl (C=O) groups excluding carboxylic acids is 1. The van der Waals surface area contributed by atoms with Crippen molar-refractivity contribution in [3.05, 3.63) is 28.7 Å². The first kappa shape index (κ1) is 18.3. The molecule has 0 radical (unpaired) electrons. The molecule has 1 saturated heterocycles. The van der Waals surface area contributed by atoms with Gasteiger partial charge in [0, 0.05) is 17.6 Å². The Balaban J connectivity index is 2.09. The SMILES string of the molecule is O=C(CS(=O)(=O)c1cccc(Br)c1)N1CCCC(C(F)(F)F)C1. The van der Waals surface area contributed by atoms with Crippen LogP contribution in [0.1, 0.15) is 12.8 Å². The van der Waals surface area contributed by atoms with Crippen molar-refractivity contribution in [3.63, 3.8) is 0 Å². The molecule has 1 fully saturated rings. The minimum absolute atomic E-state index is 0.0360. The number of carbonyl (C=O) groups is 1. The molecular weight excluding hydrogens is 399 g/mol. The van der Waals surface area contributed by atoms with Crippen molar-refractivity contribution in [1.29, 1.82) is 0 Å². The van der Waals surface area contributed by atoms with E-state index < -0.39 is 40.1 Å². The molecule has 9 heteroatoms. The summed E-state index contributed by atoms with van der Waals surface area (Å²) < 4.78 is 63.3.